The predicted molar refractivity (Wildman–Crippen MR) is 74.0 cm³/mol. The lowest BCUT2D eigenvalue weighted by molar-refractivity contribution is -0.141. The van der Waals surface area contributed by atoms with Gasteiger partial charge in [0.1, 0.15) is 0 Å². The van der Waals surface area contributed by atoms with E-state index in [0.717, 1.165) is 0 Å². The number of carbonyl (C=O) groups is 2. The van der Waals surface area contributed by atoms with Crippen molar-refractivity contribution in [2.75, 3.05) is 20.8 Å². The zero-order chi connectivity index (χ0) is 15.9. The number of sulfonamides is 1. The minimum absolute atomic E-state index is 0.0427. The minimum Gasteiger partial charge on any atom is -0.469 e. The van der Waals surface area contributed by atoms with Gasteiger partial charge in [0.05, 0.1) is 32.0 Å². The molecule has 0 aliphatic carbocycles. The second kappa shape index (κ2) is 7.75. The Labute approximate surface area is 123 Å². The van der Waals surface area contributed by atoms with Crippen molar-refractivity contribution in [3.8, 4) is 0 Å². The van der Waals surface area contributed by atoms with Crippen molar-refractivity contribution in [3.63, 3.8) is 0 Å². The van der Waals surface area contributed by atoms with Crippen LogP contribution in [0.4, 0.5) is 0 Å². The van der Waals surface area contributed by atoms with E-state index < -0.39 is 22.0 Å². The maximum atomic E-state index is 11.9. The largest absolute Gasteiger partial charge is 0.469 e. The van der Waals surface area contributed by atoms with E-state index in [0.29, 0.717) is 5.56 Å². The molecular weight excluding hydrogens is 298 g/mol. The molecule has 0 saturated carbocycles. The van der Waals surface area contributed by atoms with Gasteiger partial charge in [0.25, 0.3) is 0 Å². The van der Waals surface area contributed by atoms with Crippen molar-refractivity contribution in [2.45, 2.75) is 17.7 Å². The third-order valence-electron chi connectivity index (χ3n) is 2.66. The second-order valence-corrected chi connectivity index (χ2v) is 5.89. The summed E-state index contributed by atoms with van der Waals surface area (Å²) in [6.07, 6.45) is 0.0305. The summed E-state index contributed by atoms with van der Waals surface area (Å²) < 4.78 is 35.1. The van der Waals surface area contributed by atoms with Gasteiger partial charge in [-0.2, -0.15) is 0 Å². The first-order valence-electron chi connectivity index (χ1n) is 6.11. The first-order valence-corrected chi connectivity index (χ1v) is 7.59. The van der Waals surface area contributed by atoms with Crippen molar-refractivity contribution in [2.24, 2.45) is 0 Å². The smallest absolute Gasteiger partial charge is 0.309 e. The molecule has 0 saturated heterocycles. The monoisotopic (exact) mass is 315 g/mol. The van der Waals surface area contributed by atoms with Crippen LogP contribution < -0.4 is 4.72 Å². The Balaban J connectivity index is 2.67. The number of esters is 2. The molecule has 0 atom stereocenters. The molecule has 0 unspecified atom stereocenters. The minimum atomic E-state index is -3.69. The summed E-state index contributed by atoms with van der Waals surface area (Å²) in [4.78, 5) is 22.1. The number of carbonyl (C=O) groups excluding carboxylic acids is 2. The number of methoxy groups -OCH3 is 2. The first kappa shape index (κ1) is 17.1. The number of nitrogens with one attached hydrogen (secondary N) is 1. The molecule has 0 aromatic heterocycles. The van der Waals surface area contributed by atoms with Gasteiger partial charge in [0.15, 0.2) is 0 Å². The van der Waals surface area contributed by atoms with Crippen molar-refractivity contribution < 1.29 is 27.5 Å². The fraction of sp³-hybridized carbons (Fsp3) is 0.385. The average molecular weight is 315 g/mol. The molecule has 7 nitrogen and oxygen atoms in total. The quantitative estimate of drug-likeness (QED) is 0.724. The molecule has 0 amide bonds. The Bertz CT molecular complexity index is 594. The summed E-state index contributed by atoms with van der Waals surface area (Å²) in [6.45, 7) is -0.0427. The first-order chi connectivity index (χ1) is 9.89. The van der Waals surface area contributed by atoms with Gasteiger partial charge < -0.3 is 9.47 Å². The fourth-order valence-electron chi connectivity index (χ4n) is 1.50. The molecule has 0 radical (unpaired) electrons. The molecule has 0 spiro atoms. The van der Waals surface area contributed by atoms with E-state index in [9.17, 15) is 18.0 Å². The topological polar surface area (TPSA) is 98.8 Å². The Morgan fingerprint density at radius 3 is 2.14 bits per heavy atom. The van der Waals surface area contributed by atoms with Gasteiger partial charge in [0, 0.05) is 6.54 Å². The summed E-state index contributed by atoms with van der Waals surface area (Å²) >= 11 is 0. The summed E-state index contributed by atoms with van der Waals surface area (Å²) in [6, 6.07) is 5.84. The lowest BCUT2D eigenvalue weighted by Crippen LogP contribution is -2.26. The fourth-order valence-corrected chi connectivity index (χ4v) is 2.53. The van der Waals surface area contributed by atoms with Gasteiger partial charge in [0.2, 0.25) is 10.0 Å². The molecule has 0 aliphatic heterocycles. The van der Waals surface area contributed by atoms with Gasteiger partial charge in [-0.1, -0.05) is 12.1 Å². The van der Waals surface area contributed by atoms with Crippen LogP contribution in [0.2, 0.25) is 0 Å². The number of rotatable bonds is 7. The molecule has 1 rings (SSSR count). The Hall–Kier alpha value is -1.93. The van der Waals surface area contributed by atoms with E-state index >= 15 is 0 Å². The van der Waals surface area contributed by atoms with Crippen molar-refractivity contribution in [1.29, 1.82) is 0 Å². The zero-order valence-electron chi connectivity index (χ0n) is 11.8. The van der Waals surface area contributed by atoms with Crippen LogP contribution in [0.3, 0.4) is 0 Å². The molecule has 116 valence electrons. The highest BCUT2D eigenvalue weighted by molar-refractivity contribution is 7.89. The van der Waals surface area contributed by atoms with Gasteiger partial charge in [-0.3, -0.25) is 9.59 Å². The van der Waals surface area contributed by atoms with Crippen LogP contribution >= 0.6 is 0 Å². The number of hydrogen-bond donors (Lipinski definition) is 1. The number of ether oxygens (including phenoxy) is 2. The van der Waals surface area contributed by atoms with Crippen LogP contribution in [-0.4, -0.2) is 41.1 Å². The maximum absolute atomic E-state index is 11.9. The molecular formula is C13H17NO6S. The van der Waals surface area contributed by atoms with Crippen LogP contribution in [0, 0.1) is 0 Å². The number of benzene rings is 1. The van der Waals surface area contributed by atoms with Crippen LogP contribution in [0.25, 0.3) is 0 Å². The van der Waals surface area contributed by atoms with Crippen LogP contribution in [-0.2, 0) is 35.5 Å². The van der Waals surface area contributed by atoms with Gasteiger partial charge in [-0.25, -0.2) is 13.1 Å². The summed E-state index contributed by atoms with van der Waals surface area (Å²) in [5.74, 6) is -0.895. The second-order valence-electron chi connectivity index (χ2n) is 4.12. The Morgan fingerprint density at radius 1 is 1.05 bits per heavy atom. The van der Waals surface area contributed by atoms with Gasteiger partial charge >= 0.3 is 11.9 Å². The maximum Gasteiger partial charge on any atom is 0.309 e. The zero-order valence-corrected chi connectivity index (χ0v) is 12.6. The van der Waals surface area contributed by atoms with E-state index in [1.165, 1.54) is 38.5 Å². The standard InChI is InChI=1S/C13H17NO6S/c1-19-12(15)7-8-14-21(17,18)11-5-3-10(4-6-11)9-13(16)20-2/h3-6,14H,7-9H2,1-2H3. The van der Waals surface area contributed by atoms with Crippen LogP contribution in [0.5, 0.6) is 0 Å². The molecule has 21 heavy (non-hydrogen) atoms. The lowest BCUT2D eigenvalue weighted by Gasteiger charge is -2.07. The molecule has 0 fully saturated rings. The highest BCUT2D eigenvalue weighted by Gasteiger charge is 2.14. The van der Waals surface area contributed by atoms with Crippen LogP contribution in [0.15, 0.2) is 29.2 Å². The van der Waals surface area contributed by atoms with E-state index in [1.54, 1.807) is 0 Å². The van der Waals surface area contributed by atoms with E-state index in [1.807, 2.05) is 0 Å². The Kier molecular flexibility index (Phi) is 6.32. The Morgan fingerprint density at radius 2 is 1.62 bits per heavy atom. The third kappa shape index (κ3) is 5.52. The highest BCUT2D eigenvalue weighted by atomic mass is 32.2. The summed E-state index contributed by atoms with van der Waals surface area (Å²) in [7, 11) is -1.17. The van der Waals surface area contributed by atoms with Crippen molar-refractivity contribution in [1.82, 2.24) is 4.72 Å². The molecule has 1 aromatic rings. The molecule has 0 aliphatic rings. The van der Waals surface area contributed by atoms with Gasteiger partial charge in [-0.05, 0) is 17.7 Å². The summed E-state index contributed by atoms with van der Waals surface area (Å²) in [5.41, 5.74) is 0.648. The molecule has 1 N–H and O–H groups in total. The molecule has 8 heteroatoms. The molecule has 1 aromatic carbocycles. The van der Waals surface area contributed by atoms with E-state index in [2.05, 4.69) is 14.2 Å². The lowest BCUT2D eigenvalue weighted by atomic mass is 10.2. The van der Waals surface area contributed by atoms with E-state index in [-0.39, 0.29) is 24.3 Å². The van der Waals surface area contributed by atoms with Crippen LogP contribution in [0.1, 0.15) is 12.0 Å². The number of hydrogen-bond acceptors (Lipinski definition) is 6. The molecule has 0 heterocycles. The van der Waals surface area contributed by atoms with E-state index in [4.69, 9.17) is 0 Å². The van der Waals surface area contributed by atoms with Crippen molar-refractivity contribution in [3.05, 3.63) is 29.8 Å². The normalized spacial score (nSPS) is 11.0. The average Bonchev–Trinajstić information content (AvgIpc) is 2.47. The highest BCUT2D eigenvalue weighted by Crippen LogP contribution is 2.11. The van der Waals surface area contributed by atoms with Gasteiger partial charge in [-0.15, -0.1) is 0 Å². The molecule has 0 bridgehead atoms. The SMILES string of the molecule is COC(=O)CCNS(=O)(=O)c1ccc(CC(=O)OC)cc1. The van der Waals surface area contributed by atoms with Crippen molar-refractivity contribution >= 4 is 22.0 Å². The third-order valence-corrected chi connectivity index (χ3v) is 4.14. The summed E-state index contributed by atoms with van der Waals surface area (Å²) in [5, 5.41) is 0. The predicted octanol–water partition coefficient (Wildman–Crippen LogP) is 0.243.